The second-order valence-electron chi connectivity index (χ2n) is 5.61. The van der Waals surface area contributed by atoms with Crippen molar-refractivity contribution in [2.75, 3.05) is 0 Å². The normalized spacial score (nSPS) is 21.5. The molecule has 116 valence electrons. The quantitative estimate of drug-likeness (QED) is 0.893. The molecule has 0 spiro atoms. The number of hydrogen-bond acceptors (Lipinski definition) is 4. The van der Waals surface area contributed by atoms with Gasteiger partial charge in [0.1, 0.15) is 4.90 Å². The Morgan fingerprint density at radius 1 is 1.32 bits per heavy atom. The maximum atomic E-state index is 12.6. The average Bonchev–Trinajstić information content (AvgIpc) is 2.41. The van der Waals surface area contributed by atoms with Gasteiger partial charge in [-0.05, 0) is 31.4 Å². The fourth-order valence-corrected chi connectivity index (χ4v) is 4.42. The van der Waals surface area contributed by atoms with Gasteiger partial charge in [0.25, 0.3) is 0 Å². The first-order valence-electron chi connectivity index (χ1n) is 6.98. The summed E-state index contributed by atoms with van der Waals surface area (Å²) < 4.78 is 27.9. The van der Waals surface area contributed by atoms with Crippen LogP contribution in [0.5, 0.6) is 0 Å². The summed E-state index contributed by atoms with van der Waals surface area (Å²) in [5, 5.41) is 9.62. The zero-order valence-corrected chi connectivity index (χ0v) is 12.8. The summed E-state index contributed by atoms with van der Waals surface area (Å²) >= 11 is 0. The predicted molar refractivity (Wildman–Crippen MR) is 80.9 cm³/mol. The Balaban J connectivity index is 1.93. The van der Waals surface area contributed by atoms with Gasteiger partial charge >= 0.3 is 5.97 Å². The molecule has 0 bridgehead atoms. The Bertz CT molecular complexity index is 842. The van der Waals surface area contributed by atoms with Crippen LogP contribution < -0.4 is 4.72 Å². The van der Waals surface area contributed by atoms with E-state index in [-0.39, 0.29) is 10.9 Å². The Hall–Kier alpha value is -1.99. The predicted octanol–water partition coefficient (Wildman–Crippen LogP) is 1.68. The van der Waals surface area contributed by atoms with Crippen LogP contribution in [0.3, 0.4) is 0 Å². The van der Waals surface area contributed by atoms with Gasteiger partial charge in [-0.15, -0.1) is 0 Å². The second-order valence-corrected chi connectivity index (χ2v) is 7.26. The van der Waals surface area contributed by atoms with Crippen LogP contribution in [0.4, 0.5) is 0 Å². The lowest BCUT2D eigenvalue weighted by Gasteiger charge is -2.32. The third-order valence-corrected chi connectivity index (χ3v) is 5.70. The summed E-state index contributed by atoms with van der Waals surface area (Å²) in [6.07, 6.45) is 2.21. The van der Waals surface area contributed by atoms with Gasteiger partial charge in [-0.3, -0.25) is 9.78 Å². The molecule has 22 heavy (non-hydrogen) atoms. The molecule has 1 aliphatic carbocycles. The first-order valence-corrected chi connectivity index (χ1v) is 8.46. The highest BCUT2D eigenvalue weighted by atomic mass is 32.2. The van der Waals surface area contributed by atoms with E-state index in [1.54, 1.807) is 25.3 Å². The summed E-state index contributed by atoms with van der Waals surface area (Å²) in [5.41, 5.74) is 1.05. The number of carboxylic acid groups (broad SMARTS) is 1. The van der Waals surface area contributed by atoms with Crippen molar-refractivity contribution in [2.24, 2.45) is 5.92 Å². The number of nitrogens with zero attached hydrogens (tertiary/aromatic N) is 1. The van der Waals surface area contributed by atoms with Crippen molar-refractivity contribution in [1.82, 2.24) is 9.71 Å². The van der Waals surface area contributed by atoms with Gasteiger partial charge in [0, 0.05) is 17.6 Å². The van der Waals surface area contributed by atoms with E-state index in [9.17, 15) is 13.2 Å². The number of carboxylic acids is 1. The molecule has 1 fully saturated rings. The van der Waals surface area contributed by atoms with Crippen LogP contribution in [-0.2, 0) is 14.8 Å². The van der Waals surface area contributed by atoms with Crippen LogP contribution in [-0.4, -0.2) is 30.5 Å². The molecule has 6 nitrogen and oxygen atoms in total. The lowest BCUT2D eigenvalue weighted by atomic mass is 9.81. The van der Waals surface area contributed by atoms with E-state index >= 15 is 0 Å². The fourth-order valence-electron chi connectivity index (χ4n) is 2.75. The van der Waals surface area contributed by atoms with Crippen LogP contribution in [0.1, 0.15) is 18.4 Å². The van der Waals surface area contributed by atoms with E-state index in [0.717, 1.165) is 5.39 Å². The van der Waals surface area contributed by atoms with Crippen LogP contribution in [0.15, 0.2) is 35.4 Å². The van der Waals surface area contributed by atoms with Crippen molar-refractivity contribution in [2.45, 2.75) is 30.7 Å². The molecule has 3 rings (SSSR count). The lowest BCUT2D eigenvalue weighted by molar-refractivity contribution is -0.145. The minimum Gasteiger partial charge on any atom is -0.481 e. The van der Waals surface area contributed by atoms with Crippen molar-refractivity contribution < 1.29 is 18.3 Å². The van der Waals surface area contributed by atoms with E-state index in [0.29, 0.717) is 23.9 Å². The number of fused-ring (bicyclic) bond motifs is 1. The topological polar surface area (TPSA) is 96.4 Å². The molecule has 1 aromatic heterocycles. The van der Waals surface area contributed by atoms with Gasteiger partial charge < -0.3 is 5.11 Å². The Morgan fingerprint density at radius 3 is 2.73 bits per heavy atom. The molecule has 0 saturated heterocycles. The average molecular weight is 320 g/mol. The number of sulfonamides is 1. The van der Waals surface area contributed by atoms with Crippen molar-refractivity contribution >= 4 is 26.9 Å². The first-order chi connectivity index (χ1) is 10.4. The number of aryl methyl sites for hydroxylation is 1. The largest absolute Gasteiger partial charge is 0.481 e. The molecular weight excluding hydrogens is 304 g/mol. The Kier molecular flexibility index (Phi) is 3.62. The maximum Gasteiger partial charge on any atom is 0.306 e. The molecule has 1 saturated carbocycles. The SMILES string of the molecule is Cc1ccc2cccnc2c1S(=O)(=O)NC1CC(C(=O)O)C1. The second kappa shape index (κ2) is 5.33. The molecule has 0 unspecified atom stereocenters. The standard InChI is InChI=1S/C15H16N2O4S/c1-9-4-5-10-3-2-6-16-13(10)14(9)22(20,21)17-12-7-11(8-12)15(18)19/h2-6,11-12,17H,7-8H2,1H3,(H,18,19). The number of nitrogens with one attached hydrogen (secondary N) is 1. The maximum absolute atomic E-state index is 12.6. The number of aliphatic carboxylic acids is 1. The number of carbonyl (C=O) groups is 1. The minimum absolute atomic E-state index is 0.171. The van der Waals surface area contributed by atoms with Gasteiger partial charge in [-0.25, -0.2) is 13.1 Å². The van der Waals surface area contributed by atoms with Crippen molar-refractivity contribution in [3.63, 3.8) is 0 Å². The van der Waals surface area contributed by atoms with E-state index in [1.807, 2.05) is 12.1 Å². The molecule has 7 heteroatoms. The highest BCUT2D eigenvalue weighted by Gasteiger charge is 2.37. The van der Waals surface area contributed by atoms with Gasteiger partial charge in [-0.1, -0.05) is 18.2 Å². The Labute approximate surface area is 128 Å². The van der Waals surface area contributed by atoms with Crippen LogP contribution in [0.25, 0.3) is 10.9 Å². The number of benzene rings is 1. The Morgan fingerprint density at radius 2 is 2.05 bits per heavy atom. The zero-order chi connectivity index (χ0) is 15.9. The van der Waals surface area contributed by atoms with E-state index in [1.165, 1.54) is 0 Å². The number of rotatable bonds is 4. The molecule has 0 aliphatic heterocycles. The fraction of sp³-hybridized carbons (Fsp3) is 0.333. The van der Waals surface area contributed by atoms with Crippen molar-refractivity contribution in [3.8, 4) is 0 Å². The number of pyridine rings is 1. The molecule has 0 atom stereocenters. The summed E-state index contributed by atoms with van der Waals surface area (Å²) in [6, 6.07) is 6.82. The third-order valence-electron chi connectivity index (χ3n) is 4.00. The smallest absolute Gasteiger partial charge is 0.306 e. The summed E-state index contributed by atoms with van der Waals surface area (Å²) in [6.45, 7) is 1.73. The van der Waals surface area contributed by atoms with Crippen LogP contribution in [0, 0.1) is 12.8 Å². The molecule has 0 amide bonds. The minimum atomic E-state index is -3.73. The molecular formula is C15H16N2O4S. The zero-order valence-electron chi connectivity index (χ0n) is 12.0. The summed E-state index contributed by atoms with van der Waals surface area (Å²) in [7, 11) is -3.73. The van der Waals surface area contributed by atoms with Gasteiger partial charge in [0.05, 0.1) is 11.4 Å². The van der Waals surface area contributed by atoms with Crippen LogP contribution >= 0.6 is 0 Å². The molecule has 1 aromatic carbocycles. The molecule has 2 aromatic rings. The number of hydrogen-bond donors (Lipinski definition) is 2. The molecule has 0 radical (unpaired) electrons. The van der Waals surface area contributed by atoms with Crippen molar-refractivity contribution in [1.29, 1.82) is 0 Å². The monoisotopic (exact) mass is 320 g/mol. The van der Waals surface area contributed by atoms with Gasteiger partial charge in [0.15, 0.2) is 0 Å². The van der Waals surface area contributed by atoms with Gasteiger partial charge in [-0.2, -0.15) is 0 Å². The lowest BCUT2D eigenvalue weighted by Crippen LogP contribution is -2.46. The van der Waals surface area contributed by atoms with Crippen LogP contribution in [0.2, 0.25) is 0 Å². The first kappa shape index (κ1) is 14.9. The molecule has 1 aliphatic rings. The van der Waals surface area contributed by atoms with E-state index in [2.05, 4.69) is 9.71 Å². The highest BCUT2D eigenvalue weighted by molar-refractivity contribution is 7.89. The molecule has 1 heterocycles. The third kappa shape index (κ3) is 2.57. The number of aromatic nitrogens is 1. The van der Waals surface area contributed by atoms with E-state index < -0.39 is 21.9 Å². The van der Waals surface area contributed by atoms with E-state index in [4.69, 9.17) is 5.11 Å². The molecule has 2 N–H and O–H groups in total. The van der Waals surface area contributed by atoms with Gasteiger partial charge in [0.2, 0.25) is 10.0 Å². The van der Waals surface area contributed by atoms with Crippen molar-refractivity contribution in [3.05, 3.63) is 36.0 Å². The summed E-state index contributed by atoms with van der Waals surface area (Å²) in [4.78, 5) is 15.2. The summed E-state index contributed by atoms with van der Waals surface area (Å²) in [5.74, 6) is -1.34. The highest BCUT2D eigenvalue weighted by Crippen LogP contribution is 2.30.